The molecule has 0 bridgehead atoms. The fourth-order valence-corrected chi connectivity index (χ4v) is 3.35. The number of carboxylic acid groups (broad SMARTS) is 1. The molecular formula is C15H9Cl2N3O5S. The summed E-state index contributed by atoms with van der Waals surface area (Å²) >= 11 is 11.5. The molecule has 0 atom stereocenters. The molecule has 0 aliphatic carbocycles. The van der Waals surface area contributed by atoms with Gasteiger partial charge in [-0.2, -0.15) is 5.26 Å². The van der Waals surface area contributed by atoms with Crippen LogP contribution in [0.15, 0.2) is 41.3 Å². The fraction of sp³-hybridized carbons (Fsp3) is 0. The molecule has 2 aromatic rings. The second kappa shape index (κ2) is 7.61. The fourth-order valence-electron chi connectivity index (χ4n) is 1.96. The van der Waals surface area contributed by atoms with Crippen LogP contribution in [0.3, 0.4) is 0 Å². The molecule has 2 rings (SSSR count). The molecule has 134 valence electrons. The number of hydrogen-bond donors (Lipinski definition) is 3. The molecular weight excluding hydrogens is 405 g/mol. The van der Waals surface area contributed by atoms with Crippen molar-refractivity contribution in [1.29, 1.82) is 5.26 Å². The van der Waals surface area contributed by atoms with E-state index >= 15 is 0 Å². The van der Waals surface area contributed by atoms with Crippen molar-refractivity contribution in [3.05, 3.63) is 57.6 Å². The molecule has 3 N–H and O–H groups in total. The molecule has 26 heavy (non-hydrogen) atoms. The largest absolute Gasteiger partial charge is 0.478 e. The average Bonchev–Trinajstić information content (AvgIpc) is 2.53. The second-order valence-corrected chi connectivity index (χ2v) is 7.33. The van der Waals surface area contributed by atoms with Crippen molar-refractivity contribution in [3.63, 3.8) is 0 Å². The number of rotatable bonds is 4. The SMILES string of the molecule is N#Cc1cc(Cl)ccc1S(=O)(=O)NC(=O)Nc1cc(Cl)ccc1C(=O)O. The van der Waals surface area contributed by atoms with Crippen molar-refractivity contribution in [2.24, 2.45) is 0 Å². The smallest absolute Gasteiger partial charge is 0.337 e. The van der Waals surface area contributed by atoms with Crippen molar-refractivity contribution in [2.45, 2.75) is 4.90 Å². The number of urea groups is 1. The van der Waals surface area contributed by atoms with E-state index in [0.717, 1.165) is 24.3 Å². The summed E-state index contributed by atoms with van der Waals surface area (Å²) in [5, 5.41) is 20.5. The first kappa shape index (κ1) is 19.5. The molecule has 11 heteroatoms. The zero-order valence-electron chi connectivity index (χ0n) is 12.7. The minimum absolute atomic E-state index is 0.137. The van der Waals surface area contributed by atoms with Crippen LogP contribution in [0.4, 0.5) is 10.5 Å². The van der Waals surface area contributed by atoms with E-state index in [9.17, 15) is 18.0 Å². The van der Waals surface area contributed by atoms with E-state index in [1.807, 2.05) is 0 Å². The van der Waals surface area contributed by atoms with Crippen molar-refractivity contribution in [2.75, 3.05) is 5.32 Å². The zero-order chi connectivity index (χ0) is 19.5. The highest BCUT2D eigenvalue weighted by Crippen LogP contribution is 2.22. The normalized spacial score (nSPS) is 10.7. The number of aromatic carboxylic acids is 1. The Morgan fingerprint density at radius 3 is 2.31 bits per heavy atom. The molecule has 0 spiro atoms. The van der Waals surface area contributed by atoms with Gasteiger partial charge in [0.1, 0.15) is 11.0 Å². The van der Waals surface area contributed by atoms with E-state index in [1.54, 1.807) is 10.8 Å². The van der Waals surface area contributed by atoms with E-state index in [4.69, 9.17) is 33.6 Å². The Balaban J connectivity index is 2.30. The number of anilines is 1. The minimum Gasteiger partial charge on any atom is -0.478 e. The Kier molecular flexibility index (Phi) is 5.72. The maximum atomic E-state index is 12.3. The van der Waals surface area contributed by atoms with Gasteiger partial charge in [0, 0.05) is 10.0 Å². The van der Waals surface area contributed by atoms with Gasteiger partial charge in [0.15, 0.2) is 0 Å². The van der Waals surface area contributed by atoms with Crippen LogP contribution >= 0.6 is 23.2 Å². The van der Waals surface area contributed by atoms with Gasteiger partial charge in [0.25, 0.3) is 10.0 Å². The van der Waals surface area contributed by atoms with Crippen molar-refractivity contribution < 1.29 is 23.1 Å². The maximum Gasteiger partial charge on any atom is 0.337 e. The molecule has 0 saturated heterocycles. The van der Waals surface area contributed by atoms with Gasteiger partial charge in [-0.05, 0) is 36.4 Å². The lowest BCUT2D eigenvalue weighted by molar-refractivity contribution is 0.0698. The third-order valence-corrected chi connectivity index (χ3v) is 4.90. The van der Waals surface area contributed by atoms with Gasteiger partial charge in [-0.1, -0.05) is 23.2 Å². The number of carbonyl (C=O) groups is 2. The molecule has 2 amide bonds. The first-order chi connectivity index (χ1) is 12.1. The molecule has 0 saturated carbocycles. The van der Waals surface area contributed by atoms with Gasteiger partial charge in [-0.3, -0.25) is 0 Å². The van der Waals surface area contributed by atoms with E-state index < -0.39 is 26.9 Å². The van der Waals surface area contributed by atoms with Gasteiger partial charge in [-0.15, -0.1) is 0 Å². The van der Waals surface area contributed by atoms with E-state index in [0.29, 0.717) is 0 Å². The molecule has 0 aliphatic rings. The highest BCUT2D eigenvalue weighted by Gasteiger charge is 2.22. The molecule has 0 aromatic heterocycles. The van der Waals surface area contributed by atoms with Crippen LogP contribution in [0.1, 0.15) is 15.9 Å². The molecule has 0 unspecified atom stereocenters. The lowest BCUT2D eigenvalue weighted by Crippen LogP contribution is -2.35. The number of nitrogens with zero attached hydrogens (tertiary/aromatic N) is 1. The van der Waals surface area contributed by atoms with Crippen LogP contribution < -0.4 is 10.0 Å². The summed E-state index contributed by atoms with van der Waals surface area (Å²) in [6.45, 7) is 0. The van der Waals surface area contributed by atoms with Crippen LogP contribution in [0.2, 0.25) is 10.0 Å². The van der Waals surface area contributed by atoms with Gasteiger partial charge in [0.05, 0.1) is 16.8 Å². The van der Waals surface area contributed by atoms with Gasteiger partial charge >= 0.3 is 12.0 Å². The van der Waals surface area contributed by atoms with Crippen LogP contribution in [0.25, 0.3) is 0 Å². The lowest BCUT2D eigenvalue weighted by atomic mass is 10.2. The van der Waals surface area contributed by atoms with Crippen molar-refractivity contribution in [1.82, 2.24) is 4.72 Å². The third kappa shape index (κ3) is 4.43. The number of nitriles is 1. The standard InChI is InChI=1S/C15H9Cl2N3O5S/c16-9-2-4-13(8(5-9)7-18)26(24,25)20-15(23)19-12-6-10(17)1-3-11(12)14(21)22/h1-6H,(H,21,22)(H2,19,20,23). The quantitative estimate of drug-likeness (QED) is 0.703. The second-order valence-electron chi connectivity index (χ2n) is 4.81. The molecule has 0 aliphatic heterocycles. The van der Waals surface area contributed by atoms with Crippen LogP contribution in [0.5, 0.6) is 0 Å². The zero-order valence-corrected chi connectivity index (χ0v) is 15.0. The van der Waals surface area contributed by atoms with Crippen molar-refractivity contribution >= 4 is 50.9 Å². The highest BCUT2D eigenvalue weighted by molar-refractivity contribution is 7.90. The lowest BCUT2D eigenvalue weighted by Gasteiger charge is -2.11. The molecule has 8 nitrogen and oxygen atoms in total. The number of hydrogen-bond acceptors (Lipinski definition) is 5. The van der Waals surface area contributed by atoms with Gasteiger partial charge < -0.3 is 10.4 Å². The molecule has 2 aromatic carbocycles. The predicted octanol–water partition coefficient (Wildman–Crippen LogP) is 3.07. The number of amides is 2. The Morgan fingerprint density at radius 2 is 1.69 bits per heavy atom. The Hall–Kier alpha value is -2.80. The number of benzene rings is 2. The first-order valence-electron chi connectivity index (χ1n) is 6.70. The van der Waals surface area contributed by atoms with Gasteiger partial charge in [0.2, 0.25) is 0 Å². The van der Waals surface area contributed by atoms with E-state index in [-0.39, 0.29) is 26.9 Å². The first-order valence-corrected chi connectivity index (χ1v) is 8.94. The van der Waals surface area contributed by atoms with Crippen LogP contribution in [-0.4, -0.2) is 25.5 Å². The minimum atomic E-state index is -4.41. The Bertz CT molecular complexity index is 1050. The third-order valence-electron chi connectivity index (χ3n) is 3.04. The average molecular weight is 414 g/mol. The summed E-state index contributed by atoms with van der Waals surface area (Å²) in [4.78, 5) is 22.7. The summed E-state index contributed by atoms with van der Waals surface area (Å²) in [6, 6.07) is 7.49. The van der Waals surface area contributed by atoms with E-state index in [2.05, 4.69) is 5.32 Å². The van der Waals surface area contributed by atoms with Gasteiger partial charge in [-0.25, -0.2) is 22.7 Å². The Morgan fingerprint density at radius 1 is 1.08 bits per heavy atom. The molecule has 0 fully saturated rings. The Labute approximate surface area is 158 Å². The molecule has 0 radical (unpaired) electrons. The number of carbonyl (C=O) groups excluding carboxylic acids is 1. The maximum absolute atomic E-state index is 12.3. The number of nitrogens with one attached hydrogen (secondary N) is 2. The van der Waals surface area contributed by atoms with Crippen LogP contribution in [0, 0.1) is 11.3 Å². The predicted molar refractivity (Wildman–Crippen MR) is 93.9 cm³/mol. The summed E-state index contributed by atoms with van der Waals surface area (Å²) in [6.07, 6.45) is 0. The summed E-state index contributed by atoms with van der Waals surface area (Å²) in [5.41, 5.74) is -0.743. The topological polar surface area (TPSA) is 136 Å². The summed E-state index contributed by atoms with van der Waals surface area (Å²) < 4.78 is 26.3. The number of sulfonamides is 1. The summed E-state index contributed by atoms with van der Waals surface area (Å²) in [5.74, 6) is -1.34. The highest BCUT2D eigenvalue weighted by atomic mass is 35.5. The number of halogens is 2. The summed E-state index contributed by atoms with van der Waals surface area (Å²) in [7, 11) is -4.41. The monoisotopic (exact) mass is 413 g/mol. The van der Waals surface area contributed by atoms with Crippen LogP contribution in [-0.2, 0) is 10.0 Å². The van der Waals surface area contributed by atoms with Crippen molar-refractivity contribution in [3.8, 4) is 6.07 Å². The van der Waals surface area contributed by atoms with E-state index in [1.165, 1.54) is 12.1 Å². The number of carboxylic acids is 1. The molecule has 0 heterocycles.